The molecule has 2 aliphatic heterocycles. The van der Waals surface area contributed by atoms with Crippen molar-refractivity contribution in [2.45, 2.75) is 13.2 Å². The van der Waals surface area contributed by atoms with Crippen LogP contribution in [0.3, 0.4) is 0 Å². The molecule has 1 aromatic heterocycles. The third kappa shape index (κ3) is 5.32. The lowest BCUT2D eigenvalue weighted by Gasteiger charge is -2.20. The van der Waals surface area contributed by atoms with Gasteiger partial charge in [0.2, 0.25) is 5.91 Å². The van der Waals surface area contributed by atoms with E-state index >= 15 is 0 Å². The number of primary amides is 1. The first kappa shape index (κ1) is 20.7. The fraction of sp³-hybridized carbons (Fsp3) is 0.167. The molecular formula is C24H23N3O3S. The van der Waals surface area contributed by atoms with E-state index < -0.39 is 0 Å². The largest absolute Gasteiger partial charge is 0.497 e. The highest BCUT2D eigenvalue weighted by Crippen LogP contribution is 2.29. The Morgan fingerprint density at radius 3 is 2.52 bits per heavy atom. The van der Waals surface area contributed by atoms with E-state index in [9.17, 15) is 4.79 Å². The molecule has 3 aromatic carbocycles. The molecule has 0 fully saturated rings. The molecule has 0 aliphatic carbocycles. The smallest absolute Gasteiger partial charge is 0.237 e. The minimum absolute atomic E-state index is 0.122. The Morgan fingerprint density at radius 2 is 1.94 bits per heavy atom. The highest BCUT2D eigenvalue weighted by molar-refractivity contribution is 7.22. The molecule has 158 valence electrons. The summed E-state index contributed by atoms with van der Waals surface area (Å²) < 4.78 is 11.5. The molecule has 2 bridgehead atoms. The number of hydrogen-bond donors (Lipinski definition) is 1. The van der Waals surface area contributed by atoms with Crippen LogP contribution in [0.2, 0.25) is 0 Å². The van der Waals surface area contributed by atoms with Gasteiger partial charge in [-0.3, -0.25) is 4.79 Å². The molecule has 0 saturated heterocycles. The fourth-order valence-electron chi connectivity index (χ4n) is 3.21. The van der Waals surface area contributed by atoms with Crippen molar-refractivity contribution >= 4 is 32.6 Å². The van der Waals surface area contributed by atoms with E-state index in [4.69, 9.17) is 15.2 Å². The summed E-state index contributed by atoms with van der Waals surface area (Å²) in [6.07, 6.45) is 0. The monoisotopic (exact) mass is 433 g/mol. The number of carbonyl (C=O) groups is 1. The predicted molar refractivity (Wildman–Crippen MR) is 124 cm³/mol. The molecule has 0 saturated carbocycles. The van der Waals surface area contributed by atoms with Gasteiger partial charge < -0.3 is 20.1 Å². The standard InChI is InChI=1S/C17H17N3O2S.C7H6O/c1-22-13-6-4-5-12(9-13)10-20(11-16(18)21)17-19-14-7-2-3-8-15(14)23-17;1-3-7-4-2-6(1)5-8-7/h2-9H,10-11H2,1H3,(H2,18,21);1-4H,5H2. The van der Waals surface area contributed by atoms with Crippen molar-refractivity contribution in [3.63, 3.8) is 0 Å². The van der Waals surface area contributed by atoms with Crippen LogP contribution < -0.4 is 20.1 Å². The molecule has 0 atom stereocenters. The van der Waals surface area contributed by atoms with Gasteiger partial charge in [-0.15, -0.1) is 0 Å². The van der Waals surface area contributed by atoms with Crippen LogP contribution in [0.25, 0.3) is 10.2 Å². The number of nitrogens with two attached hydrogens (primary N) is 1. The van der Waals surface area contributed by atoms with Crippen LogP contribution in [0.15, 0.2) is 72.8 Å². The van der Waals surface area contributed by atoms with Crippen molar-refractivity contribution in [2.75, 3.05) is 18.6 Å². The van der Waals surface area contributed by atoms with Gasteiger partial charge in [-0.25, -0.2) is 4.98 Å². The van der Waals surface area contributed by atoms with Crippen molar-refractivity contribution < 1.29 is 14.3 Å². The van der Waals surface area contributed by atoms with Crippen molar-refractivity contribution in [3.05, 3.63) is 83.9 Å². The number of ether oxygens (including phenoxy) is 2. The molecule has 6 rings (SSSR count). The van der Waals surface area contributed by atoms with E-state index in [1.165, 1.54) is 5.56 Å². The van der Waals surface area contributed by atoms with Crippen LogP contribution in [0.1, 0.15) is 11.1 Å². The molecular weight excluding hydrogens is 410 g/mol. The maximum absolute atomic E-state index is 11.4. The Morgan fingerprint density at radius 1 is 1.13 bits per heavy atom. The van der Waals surface area contributed by atoms with Crippen LogP contribution in [0.4, 0.5) is 5.13 Å². The van der Waals surface area contributed by atoms with E-state index in [1.807, 2.05) is 65.6 Å². The summed E-state index contributed by atoms with van der Waals surface area (Å²) in [7, 11) is 1.63. The summed E-state index contributed by atoms with van der Waals surface area (Å²) in [4.78, 5) is 17.9. The Balaban J connectivity index is 0.000000239. The molecule has 4 aromatic rings. The normalized spacial score (nSPS) is 11.4. The second-order valence-corrected chi connectivity index (χ2v) is 8.08. The first-order valence-corrected chi connectivity index (χ1v) is 10.7. The molecule has 7 heteroatoms. The molecule has 2 aliphatic rings. The summed E-state index contributed by atoms with van der Waals surface area (Å²) in [5.74, 6) is 1.39. The summed E-state index contributed by atoms with van der Waals surface area (Å²) in [5.41, 5.74) is 8.63. The number of aromatic nitrogens is 1. The van der Waals surface area contributed by atoms with Gasteiger partial charge in [0.25, 0.3) is 0 Å². The van der Waals surface area contributed by atoms with E-state index in [-0.39, 0.29) is 12.5 Å². The number of amides is 1. The number of nitrogens with zero attached hydrogens (tertiary/aromatic N) is 2. The molecule has 3 heterocycles. The summed E-state index contributed by atoms with van der Waals surface area (Å²) in [6, 6.07) is 23.8. The average molecular weight is 434 g/mol. The van der Waals surface area contributed by atoms with Gasteiger partial charge in [0.05, 0.1) is 23.9 Å². The van der Waals surface area contributed by atoms with Gasteiger partial charge in [0.1, 0.15) is 18.1 Å². The molecule has 2 N–H and O–H groups in total. The van der Waals surface area contributed by atoms with Crippen molar-refractivity contribution in [1.82, 2.24) is 4.98 Å². The number of benzene rings is 3. The van der Waals surface area contributed by atoms with Crippen LogP contribution in [0.5, 0.6) is 11.5 Å². The number of methoxy groups -OCH3 is 1. The quantitative estimate of drug-likeness (QED) is 0.488. The van der Waals surface area contributed by atoms with Crippen LogP contribution in [-0.4, -0.2) is 24.5 Å². The molecule has 6 nitrogen and oxygen atoms in total. The molecule has 0 radical (unpaired) electrons. The second kappa shape index (κ2) is 9.49. The Hall–Kier alpha value is -3.58. The average Bonchev–Trinajstić information content (AvgIpc) is 3.25. The van der Waals surface area contributed by atoms with Crippen molar-refractivity contribution in [2.24, 2.45) is 5.73 Å². The number of para-hydroxylation sites is 1. The first-order valence-electron chi connectivity index (χ1n) is 9.84. The van der Waals surface area contributed by atoms with Gasteiger partial charge >= 0.3 is 0 Å². The van der Waals surface area contributed by atoms with Crippen molar-refractivity contribution in [1.29, 1.82) is 0 Å². The first-order chi connectivity index (χ1) is 15.1. The number of hydrogen-bond acceptors (Lipinski definition) is 6. The lowest BCUT2D eigenvalue weighted by molar-refractivity contribution is -0.116. The second-order valence-electron chi connectivity index (χ2n) is 7.07. The van der Waals surface area contributed by atoms with Crippen LogP contribution in [-0.2, 0) is 17.9 Å². The maximum atomic E-state index is 11.4. The third-order valence-electron chi connectivity index (χ3n) is 4.74. The molecule has 1 amide bonds. The maximum Gasteiger partial charge on any atom is 0.237 e. The predicted octanol–water partition coefficient (Wildman–Crippen LogP) is 4.38. The van der Waals surface area contributed by atoms with Gasteiger partial charge in [-0.05, 0) is 47.5 Å². The third-order valence-corrected chi connectivity index (χ3v) is 5.83. The minimum Gasteiger partial charge on any atom is -0.497 e. The molecule has 0 unspecified atom stereocenters. The number of carbonyl (C=O) groups excluding carboxylic acids is 1. The number of thiazole rings is 1. The van der Waals surface area contributed by atoms with E-state index in [0.29, 0.717) is 6.54 Å². The van der Waals surface area contributed by atoms with Gasteiger partial charge in [-0.2, -0.15) is 0 Å². The zero-order valence-electron chi connectivity index (χ0n) is 17.2. The SMILES string of the molecule is COc1cccc(CN(CC(N)=O)c2nc3ccccc3s2)c1.c1cc2ccc1CO2. The Labute approximate surface area is 184 Å². The fourth-order valence-corrected chi connectivity index (χ4v) is 4.18. The zero-order chi connectivity index (χ0) is 21.6. The van der Waals surface area contributed by atoms with E-state index in [2.05, 4.69) is 17.1 Å². The highest BCUT2D eigenvalue weighted by atomic mass is 32.1. The highest BCUT2D eigenvalue weighted by Gasteiger charge is 2.15. The zero-order valence-corrected chi connectivity index (χ0v) is 18.0. The van der Waals surface area contributed by atoms with Crippen LogP contribution in [0, 0.1) is 0 Å². The van der Waals surface area contributed by atoms with E-state index in [0.717, 1.165) is 39.0 Å². The summed E-state index contributed by atoms with van der Waals surface area (Å²) in [6.45, 7) is 1.43. The number of rotatable bonds is 6. The van der Waals surface area contributed by atoms with Gasteiger partial charge in [0, 0.05) is 6.54 Å². The lowest BCUT2D eigenvalue weighted by Crippen LogP contribution is -2.33. The minimum atomic E-state index is -0.382. The van der Waals surface area contributed by atoms with Crippen LogP contribution >= 0.6 is 11.3 Å². The molecule has 0 spiro atoms. The van der Waals surface area contributed by atoms with E-state index in [1.54, 1.807) is 18.4 Å². The Kier molecular flexibility index (Phi) is 6.33. The summed E-state index contributed by atoms with van der Waals surface area (Å²) >= 11 is 1.55. The van der Waals surface area contributed by atoms with Gasteiger partial charge in [0.15, 0.2) is 5.13 Å². The van der Waals surface area contributed by atoms with Gasteiger partial charge in [-0.1, -0.05) is 47.7 Å². The Bertz CT molecular complexity index is 1120. The lowest BCUT2D eigenvalue weighted by atomic mass is 10.2. The summed E-state index contributed by atoms with van der Waals surface area (Å²) in [5, 5.41) is 0.785. The number of fused-ring (bicyclic) bond motifs is 4. The number of anilines is 1. The topological polar surface area (TPSA) is 77.7 Å². The molecule has 31 heavy (non-hydrogen) atoms. The van der Waals surface area contributed by atoms with Crippen molar-refractivity contribution in [3.8, 4) is 11.5 Å².